The minimum absolute atomic E-state index is 0.641. The number of likely N-dealkylation sites (tertiary alicyclic amines) is 1. The van der Waals surface area contributed by atoms with Crippen LogP contribution in [0.5, 0.6) is 0 Å². The molecule has 2 atom stereocenters. The lowest BCUT2D eigenvalue weighted by Gasteiger charge is -2.36. The SMILES string of the molecule is CC(C)CCNC1CC(c2ccccc2)CN(C)C1. The number of nitrogens with zero attached hydrogens (tertiary/aromatic N) is 1. The smallest absolute Gasteiger partial charge is 0.0201 e. The number of benzene rings is 1. The van der Waals surface area contributed by atoms with Crippen LogP contribution in [0.1, 0.15) is 38.2 Å². The molecule has 0 spiro atoms. The van der Waals surface area contributed by atoms with Gasteiger partial charge in [0.15, 0.2) is 0 Å². The largest absolute Gasteiger partial charge is 0.313 e. The highest BCUT2D eigenvalue weighted by molar-refractivity contribution is 5.21. The third-order valence-corrected chi connectivity index (χ3v) is 4.06. The standard InChI is InChI=1S/C17H28N2/c1-14(2)9-10-18-17-11-16(12-19(3)13-17)15-7-5-4-6-8-15/h4-8,14,16-18H,9-13H2,1-3H3. The molecule has 1 aliphatic heterocycles. The molecule has 1 heterocycles. The molecule has 1 fully saturated rings. The second kappa shape index (κ2) is 7.06. The van der Waals surface area contributed by atoms with Crippen LogP contribution in [-0.2, 0) is 0 Å². The number of hydrogen-bond donors (Lipinski definition) is 1. The zero-order valence-corrected chi connectivity index (χ0v) is 12.6. The molecule has 1 aromatic carbocycles. The summed E-state index contributed by atoms with van der Waals surface area (Å²) in [5.41, 5.74) is 1.49. The molecule has 0 radical (unpaired) electrons. The maximum absolute atomic E-state index is 3.74. The Morgan fingerprint density at radius 3 is 2.63 bits per heavy atom. The normalized spacial score (nSPS) is 24.8. The van der Waals surface area contributed by atoms with Gasteiger partial charge in [0.1, 0.15) is 0 Å². The van der Waals surface area contributed by atoms with Crippen LogP contribution < -0.4 is 5.32 Å². The van der Waals surface area contributed by atoms with Crippen molar-refractivity contribution in [1.82, 2.24) is 10.2 Å². The molecule has 1 aromatic rings. The first kappa shape index (κ1) is 14.5. The van der Waals surface area contributed by atoms with E-state index in [1.807, 2.05) is 0 Å². The van der Waals surface area contributed by atoms with Gasteiger partial charge < -0.3 is 10.2 Å². The van der Waals surface area contributed by atoms with E-state index in [9.17, 15) is 0 Å². The Balaban J connectivity index is 1.89. The van der Waals surface area contributed by atoms with Gasteiger partial charge in [0.05, 0.1) is 0 Å². The molecular formula is C17H28N2. The Bertz CT molecular complexity index is 361. The second-order valence-electron chi connectivity index (χ2n) is 6.40. The molecule has 0 aromatic heterocycles. The van der Waals surface area contributed by atoms with Crippen molar-refractivity contribution in [2.45, 2.75) is 38.6 Å². The van der Waals surface area contributed by atoms with Crippen LogP contribution in [0, 0.1) is 5.92 Å². The number of hydrogen-bond acceptors (Lipinski definition) is 2. The zero-order chi connectivity index (χ0) is 13.7. The lowest BCUT2D eigenvalue weighted by Crippen LogP contribution is -2.47. The van der Waals surface area contributed by atoms with Crippen molar-refractivity contribution in [2.24, 2.45) is 5.92 Å². The van der Waals surface area contributed by atoms with Crippen molar-refractivity contribution in [2.75, 3.05) is 26.7 Å². The first-order valence-electron chi connectivity index (χ1n) is 7.62. The molecule has 2 rings (SSSR count). The van der Waals surface area contributed by atoms with Gasteiger partial charge in [0.2, 0.25) is 0 Å². The fourth-order valence-electron chi connectivity index (χ4n) is 3.01. The van der Waals surface area contributed by atoms with Gasteiger partial charge >= 0.3 is 0 Å². The van der Waals surface area contributed by atoms with Gasteiger partial charge in [-0.2, -0.15) is 0 Å². The van der Waals surface area contributed by atoms with Crippen molar-refractivity contribution in [1.29, 1.82) is 0 Å². The molecule has 1 N–H and O–H groups in total. The molecule has 2 nitrogen and oxygen atoms in total. The van der Waals surface area contributed by atoms with Crippen LogP contribution in [0.3, 0.4) is 0 Å². The van der Waals surface area contributed by atoms with Gasteiger partial charge in [-0.1, -0.05) is 44.2 Å². The highest BCUT2D eigenvalue weighted by atomic mass is 15.1. The molecule has 1 saturated heterocycles. The Morgan fingerprint density at radius 2 is 1.95 bits per heavy atom. The monoisotopic (exact) mass is 260 g/mol. The Morgan fingerprint density at radius 1 is 1.21 bits per heavy atom. The first-order valence-corrected chi connectivity index (χ1v) is 7.62. The summed E-state index contributed by atoms with van der Waals surface area (Å²) in [4.78, 5) is 2.47. The molecule has 0 amide bonds. The molecule has 1 aliphatic rings. The fourth-order valence-corrected chi connectivity index (χ4v) is 3.01. The van der Waals surface area contributed by atoms with E-state index in [1.54, 1.807) is 0 Å². The quantitative estimate of drug-likeness (QED) is 0.875. The minimum atomic E-state index is 0.641. The topological polar surface area (TPSA) is 15.3 Å². The van der Waals surface area contributed by atoms with E-state index in [4.69, 9.17) is 0 Å². The van der Waals surface area contributed by atoms with Crippen molar-refractivity contribution in [3.05, 3.63) is 35.9 Å². The lowest BCUT2D eigenvalue weighted by atomic mass is 9.88. The predicted molar refractivity (Wildman–Crippen MR) is 82.5 cm³/mol. The third kappa shape index (κ3) is 4.63. The van der Waals surface area contributed by atoms with Crippen molar-refractivity contribution >= 4 is 0 Å². The van der Waals surface area contributed by atoms with Gasteiger partial charge in [0.25, 0.3) is 0 Å². The molecule has 0 bridgehead atoms. The Hall–Kier alpha value is -0.860. The predicted octanol–water partition coefficient (Wildman–Crippen LogP) is 3.11. The molecule has 0 aliphatic carbocycles. The summed E-state index contributed by atoms with van der Waals surface area (Å²) in [6.07, 6.45) is 2.54. The summed E-state index contributed by atoms with van der Waals surface area (Å²) < 4.78 is 0. The van der Waals surface area contributed by atoms with Gasteiger partial charge in [-0.3, -0.25) is 0 Å². The number of nitrogens with one attached hydrogen (secondary N) is 1. The average Bonchev–Trinajstić information content (AvgIpc) is 2.39. The van der Waals surface area contributed by atoms with E-state index >= 15 is 0 Å². The molecule has 2 unspecified atom stereocenters. The maximum Gasteiger partial charge on any atom is 0.0201 e. The van der Waals surface area contributed by atoms with Crippen molar-refractivity contribution in [3.63, 3.8) is 0 Å². The third-order valence-electron chi connectivity index (χ3n) is 4.06. The van der Waals surface area contributed by atoms with Gasteiger partial charge in [0, 0.05) is 19.1 Å². The van der Waals surface area contributed by atoms with Crippen LogP contribution in [0.2, 0.25) is 0 Å². The van der Waals surface area contributed by atoms with Crippen LogP contribution in [-0.4, -0.2) is 37.6 Å². The number of piperidine rings is 1. The summed E-state index contributed by atoms with van der Waals surface area (Å²) >= 11 is 0. The van der Waals surface area contributed by atoms with Gasteiger partial charge in [-0.15, -0.1) is 0 Å². The van der Waals surface area contributed by atoms with E-state index in [1.165, 1.54) is 31.5 Å². The van der Waals surface area contributed by atoms with Gasteiger partial charge in [-0.05, 0) is 43.8 Å². The van der Waals surface area contributed by atoms with Crippen molar-refractivity contribution < 1.29 is 0 Å². The van der Waals surface area contributed by atoms with E-state index in [0.717, 1.165) is 12.5 Å². The van der Waals surface area contributed by atoms with Gasteiger partial charge in [-0.25, -0.2) is 0 Å². The van der Waals surface area contributed by atoms with E-state index < -0.39 is 0 Å². The summed E-state index contributed by atoms with van der Waals surface area (Å²) in [7, 11) is 2.24. The lowest BCUT2D eigenvalue weighted by molar-refractivity contribution is 0.203. The summed E-state index contributed by atoms with van der Waals surface area (Å²) in [6, 6.07) is 11.6. The average molecular weight is 260 g/mol. The summed E-state index contributed by atoms with van der Waals surface area (Å²) in [5, 5.41) is 3.74. The molecule has 106 valence electrons. The molecular weight excluding hydrogens is 232 g/mol. The summed E-state index contributed by atoms with van der Waals surface area (Å²) in [5.74, 6) is 1.47. The van der Waals surface area contributed by atoms with E-state index in [-0.39, 0.29) is 0 Å². The Labute approximate surface area is 118 Å². The van der Waals surface area contributed by atoms with Crippen LogP contribution in [0.15, 0.2) is 30.3 Å². The van der Waals surface area contributed by atoms with Crippen LogP contribution in [0.4, 0.5) is 0 Å². The Kier molecular flexibility index (Phi) is 5.41. The first-order chi connectivity index (χ1) is 9.15. The maximum atomic E-state index is 3.74. The van der Waals surface area contributed by atoms with E-state index in [0.29, 0.717) is 12.0 Å². The highest BCUT2D eigenvalue weighted by Crippen LogP contribution is 2.26. The second-order valence-corrected chi connectivity index (χ2v) is 6.40. The number of likely N-dealkylation sites (N-methyl/N-ethyl adjacent to an activating group) is 1. The number of rotatable bonds is 5. The fraction of sp³-hybridized carbons (Fsp3) is 0.647. The van der Waals surface area contributed by atoms with Crippen molar-refractivity contribution in [3.8, 4) is 0 Å². The van der Waals surface area contributed by atoms with Crippen LogP contribution in [0.25, 0.3) is 0 Å². The molecule has 0 saturated carbocycles. The highest BCUT2D eigenvalue weighted by Gasteiger charge is 2.25. The summed E-state index contributed by atoms with van der Waals surface area (Å²) in [6.45, 7) is 8.11. The molecule has 2 heteroatoms. The molecule has 19 heavy (non-hydrogen) atoms. The van der Waals surface area contributed by atoms with E-state index in [2.05, 4.69) is 61.4 Å². The zero-order valence-electron chi connectivity index (χ0n) is 12.6. The van der Waals surface area contributed by atoms with Crippen LogP contribution >= 0.6 is 0 Å². The minimum Gasteiger partial charge on any atom is -0.313 e.